The quantitative estimate of drug-likeness (QED) is 0.195. The zero-order valence-electron chi connectivity index (χ0n) is 22.9. The maximum absolute atomic E-state index is 6.28. The SMILES string of the molecule is c1ccc2c(c1)sc1c(-c3c4ccccc4c(-c4ccc5oc6cc7occc7cc6c5c4)c4ccccc34)cccc12. The van der Waals surface area contributed by atoms with Crippen molar-refractivity contribution >= 4 is 86.0 Å². The Bertz CT molecular complexity index is 2680. The first kappa shape index (κ1) is 23.2. The molecule has 0 aliphatic heterocycles. The highest BCUT2D eigenvalue weighted by Gasteiger charge is 2.20. The van der Waals surface area contributed by atoms with Crippen LogP contribution in [0.2, 0.25) is 0 Å². The third kappa shape index (κ3) is 3.23. The maximum atomic E-state index is 6.28. The molecule has 0 saturated heterocycles. The molecular weight excluding hydrogens is 545 g/mol. The van der Waals surface area contributed by atoms with Gasteiger partial charge in [-0.3, -0.25) is 0 Å². The monoisotopic (exact) mass is 566 g/mol. The van der Waals surface area contributed by atoms with Crippen molar-refractivity contribution in [2.45, 2.75) is 0 Å². The number of fused-ring (bicyclic) bond motifs is 9. The van der Waals surface area contributed by atoms with Crippen molar-refractivity contribution < 1.29 is 8.83 Å². The van der Waals surface area contributed by atoms with Gasteiger partial charge in [0.2, 0.25) is 0 Å². The average Bonchev–Trinajstić information content (AvgIpc) is 3.77. The van der Waals surface area contributed by atoms with E-state index in [-0.39, 0.29) is 0 Å². The molecule has 0 amide bonds. The lowest BCUT2D eigenvalue weighted by Crippen LogP contribution is -1.91. The van der Waals surface area contributed by atoms with Crippen LogP contribution >= 0.6 is 11.3 Å². The van der Waals surface area contributed by atoms with Crippen LogP contribution in [0.5, 0.6) is 0 Å². The third-order valence-corrected chi connectivity index (χ3v) is 10.2. The van der Waals surface area contributed by atoms with Gasteiger partial charge in [0.05, 0.1) is 6.26 Å². The number of thiophene rings is 1. The minimum atomic E-state index is 0.841. The van der Waals surface area contributed by atoms with Crippen LogP contribution in [0.4, 0.5) is 0 Å². The first-order valence-electron chi connectivity index (χ1n) is 14.5. The van der Waals surface area contributed by atoms with E-state index in [9.17, 15) is 0 Å². The fourth-order valence-electron chi connectivity index (χ4n) is 7.06. The van der Waals surface area contributed by atoms with Crippen molar-refractivity contribution in [1.29, 1.82) is 0 Å². The number of benzene rings is 7. The lowest BCUT2D eigenvalue weighted by molar-refractivity contribution is 0.613. The molecule has 0 N–H and O–H groups in total. The van der Waals surface area contributed by atoms with E-state index in [2.05, 4.69) is 115 Å². The van der Waals surface area contributed by atoms with Crippen LogP contribution in [0.3, 0.4) is 0 Å². The van der Waals surface area contributed by atoms with Gasteiger partial charge in [0, 0.05) is 48.0 Å². The van der Waals surface area contributed by atoms with E-state index in [1.807, 2.05) is 23.5 Å². The summed E-state index contributed by atoms with van der Waals surface area (Å²) in [5.74, 6) is 0. The molecule has 7 aromatic carbocycles. The zero-order chi connectivity index (χ0) is 28.1. The molecule has 0 atom stereocenters. The lowest BCUT2D eigenvalue weighted by atomic mass is 9.85. The van der Waals surface area contributed by atoms with Crippen LogP contribution in [0.15, 0.2) is 142 Å². The summed E-state index contributed by atoms with van der Waals surface area (Å²) in [5, 5.41) is 11.0. The van der Waals surface area contributed by atoms with Crippen molar-refractivity contribution in [3.63, 3.8) is 0 Å². The smallest absolute Gasteiger partial charge is 0.139 e. The van der Waals surface area contributed by atoms with Crippen LogP contribution in [-0.4, -0.2) is 0 Å². The molecule has 0 radical (unpaired) electrons. The summed E-state index contributed by atoms with van der Waals surface area (Å²) < 4.78 is 14.6. The minimum absolute atomic E-state index is 0.841. The Morgan fingerprint density at radius 1 is 0.442 bits per heavy atom. The van der Waals surface area contributed by atoms with Gasteiger partial charge in [-0.05, 0) is 68.6 Å². The van der Waals surface area contributed by atoms with Crippen LogP contribution < -0.4 is 0 Å². The topological polar surface area (TPSA) is 26.3 Å². The molecule has 3 heteroatoms. The van der Waals surface area contributed by atoms with E-state index >= 15 is 0 Å². The molecule has 200 valence electrons. The summed E-state index contributed by atoms with van der Waals surface area (Å²) in [5.41, 5.74) is 7.58. The van der Waals surface area contributed by atoms with Gasteiger partial charge in [-0.2, -0.15) is 0 Å². The van der Waals surface area contributed by atoms with Crippen molar-refractivity contribution in [1.82, 2.24) is 0 Å². The van der Waals surface area contributed by atoms with E-state index in [1.165, 1.54) is 64.0 Å². The summed E-state index contributed by atoms with van der Waals surface area (Å²) in [4.78, 5) is 0. The standard InChI is InChI=1S/C40H22O2S/c1-3-11-28-26(9-1)38(24-16-17-34-32(21-24)33-20-23-18-19-41-35(23)22-36(33)42-34)27-10-2-4-12-29(27)39(28)31-14-7-13-30-25-8-5-6-15-37(25)43-40(30)31/h1-22H. The van der Waals surface area contributed by atoms with Crippen LogP contribution in [0.1, 0.15) is 0 Å². The minimum Gasteiger partial charge on any atom is -0.464 e. The predicted molar refractivity (Wildman–Crippen MR) is 182 cm³/mol. The summed E-state index contributed by atoms with van der Waals surface area (Å²) in [6, 6.07) is 46.1. The zero-order valence-corrected chi connectivity index (χ0v) is 23.7. The molecule has 2 nitrogen and oxygen atoms in total. The lowest BCUT2D eigenvalue weighted by Gasteiger charge is -2.18. The average molecular weight is 567 g/mol. The summed E-state index contributed by atoms with van der Waals surface area (Å²) in [7, 11) is 0. The fourth-order valence-corrected chi connectivity index (χ4v) is 8.29. The van der Waals surface area contributed by atoms with Crippen LogP contribution in [0, 0.1) is 0 Å². The van der Waals surface area contributed by atoms with Crippen LogP contribution in [-0.2, 0) is 0 Å². The van der Waals surface area contributed by atoms with Gasteiger partial charge in [-0.1, -0.05) is 91.0 Å². The van der Waals surface area contributed by atoms with Gasteiger partial charge in [-0.25, -0.2) is 0 Å². The molecule has 3 aromatic heterocycles. The highest BCUT2D eigenvalue weighted by molar-refractivity contribution is 7.26. The first-order valence-corrected chi connectivity index (χ1v) is 15.3. The Kier molecular flexibility index (Phi) is 4.63. The van der Waals surface area contributed by atoms with Gasteiger partial charge in [0.25, 0.3) is 0 Å². The number of furan rings is 2. The number of hydrogen-bond acceptors (Lipinski definition) is 3. The largest absolute Gasteiger partial charge is 0.464 e. The summed E-state index contributed by atoms with van der Waals surface area (Å²) in [6.07, 6.45) is 1.73. The van der Waals surface area contributed by atoms with E-state index < -0.39 is 0 Å². The normalized spacial score (nSPS) is 12.2. The molecule has 0 aliphatic carbocycles. The van der Waals surface area contributed by atoms with Crippen molar-refractivity contribution in [3.8, 4) is 22.3 Å². The van der Waals surface area contributed by atoms with Gasteiger partial charge in [-0.15, -0.1) is 11.3 Å². The first-order chi connectivity index (χ1) is 21.3. The van der Waals surface area contributed by atoms with Crippen molar-refractivity contribution in [3.05, 3.63) is 134 Å². The fraction of sp³-hybridized carbons (Fsp3) is 0. The number of rotatable bonds is 2. The van der Waals surface area contributed by atoms with Gasteiger partial charge >= 0.3 is 0 Å². The van der Waals surface area contributed by atoms with E-state index in [1.54, 1.807) is 6.26 Å². The van der Waals surface area contributed by atoms with Gasteiger partial charge < -0.3 is 8.83 Å². The Balaban J connectivity index is 1.31. The van der Waals surface area contributed by atoms with E-state index in [0.717, 1.165) is 32.9 Å². The Morgan fingerprint density at radius 3 is 1.91 bits per heavy atom. The molecule has 3 heterocycles. The summed E-state index contributed by atoms with van der Waals surface area (Å²) in [6.45, 7) is 0. The highest BCUT2D eigenvalue weighted by atomic mass is 32.1. The van der Waals surface area contributed by atoms with Gasteiger partial charge in [0.15, 0.2) is 0 Å². The third-order valence-electron chi connectivity index (χ3n) is 8.94. The molecule has 0 spiro atoms. The Hall–Kier alpha value is -5.38. The van der Waals surface area contributed by atoms with Crippen molar-refractivity contribution in [2.24, 2.45) is 0 Å². The van der Waals surface area contributed by atoms with E-state index in [4.69, 9.17) is 8.83 Å². The molecule has 0 aliphatic rings. The molecular formula is C40H22O2S. The van der Waals surface area contributed by atoms with E-state index in [0.29, 0.717) is 0 Å². The number of hydrogen-bond donors (Lipinski definition) is 0. The van der Waals surface area contributed by atoms with Gasteiger partial charge in [0.1, 0.15) is 16.7 Å². The predicted octanol–water partition coefficient (Wildman–Crippen LogP) is 12.3. The molecule has 43 heavy (non-hydrogen) atoms. The second-order valence-electron chi connectivity index (χ2n) is 11.2. The second kappa shape index (κ2) is 8.57. The molecule has 10 aromatic rings. The Morgan fingerprint density at radius 2 is 1.12 bits per heavy atom. The second-order valence-corrected chi connectivity index (χ2v) is 12.3. The van der Waals surface area contributed by atoms with Crippen molar-refractivity contribution in [2.75, 3.05) is 0 Å². The summed E-state index contributed by atoms with van der Waals surface area (Å²) >= 11 is 1.89. The molecule has 0 saturated carbocycles. The Labute approximate surface area is 250 Å². The maximum Gasteiger partial charge on any atom is 0.139 e. The molecule has 0 fully saturated rings. The highest BCUT2D eigenvalue weighted by Crippen LogP contribution is 2.48. The molecule has 0 unspecified atom stereocenters. The molecule has 10 rings (SSSR count). The van der Waals surface area contributed by atoms with Crippen LogP contribution in [0.25, 0.3) is 96.9 Å². The molecule has 0 bridgehead atoms.